The third-order valence-electron chi connectivity index (χ3n) is 4.12. The molecular formula is C21H20N4O4. The van der Waals surface area contributed by atoms with Crippen LogP contribution in [0.4, 0.5) is 11.6 Å². The van der Waals surface area contributed by atoms with Gasteiger partial charge in [-0.1, -0.05) is 30.3 Å². The maximum atomic E-state index is 12.5. The van der Waals surface area contributed by atoms with Gasteiger partial charge in [-0.3, -0.25) is 4.79 Å². The van der Waals surface area contributed by atoms with E-state index in [1.165, 1.54) is 19.5 Å². The number of ether oxygens (including phenoxy) is 2. The van der Waals surface area contributed by atoms with Crippen molar-refractivity contribution in [3.63, 3.8) is 0 Å². The first kappa shape index (κ1) is 19.8. The summed E-state index contributed by atoms with van der Waals surface area (Å²) in [5.41, 5.74) is 1.83. The summed E-state index contributed by atoms with van der Waals surface area (Å²) in [4.78, 5) is 32.6. The first-order valence-corrected chi connectivity index (χ1v) is 8.79. The van der Waals surface area contributed by atoms with Gasteiger partial charge >= 0.3 is 5.97 Å². The molecule has 3 aromatic rings. The Bertz CT molecular complexity index is 1010. The Kier molecular flexibility index (Phi) is 6.36. The van der Waals surface area contributed by atoms with Crippen LogP contribution in [0.5, 0.6) is 5.75 Å². The number of para-hydroxylation sites is 2. The monoisotopic (exact) mass is 392 g/mol. The lowest BCUT2D eigenvalue weighted by Crippen LogP contribution is -2.16. The van der Waals surface area contributed by atoms with E-state index in [0.29, 0.717) is 18.2 Å². The third-order valence-corrected chi connectivity index (χ3v) is 4.12. The molecule has 8 nitrogen and oxygen atoms in total. The van der Waals surface area contributed by atoms with E-state index in [9.17, 15) is 9.59 Å². The van der Waals surface area contributed by atoms with E-state index in [2.05, 4.69) is 20.6 Å². The molecule has 0 radical (unpaired) electrons. The second kappa shape index (κ2) is 9.32. The van der Waals surface area contributed by atoms with Gasteiger partial charge in [0.1, 0.15) is 5.75 Å². The summed E-state index contributed by atoms with van der Waals surface area (Å²) in [6.07, 6.45) is 2.82. The first-order chi connectivity index (χ1) is 14.1. The molecule has 1 aromatic heterocycles. The first-order valence-electron chi connectivity index (χ1n) is 8.79. The molecule has 0 unspecified atom stereocenters. The molecule has 0 spiro atoms. The normalized spacial score (nSPS) is 10.1. The van der Waals surface area contributed by atoms with Crippen LogP contribution in [0.3, 0.4) is 0 Å². The molecule has 3 rings (SSSR count). The number of carbonyl (C=O) groups is 2. The number of anilines is 2. The van der Waals surface area contributed by atoms with E-state index in [4.69, 9.17) is 9.47 Å². The average Bonchev–Trinajstić information content (AvgIpc) is 2.78. The second-order valence-corrected chi connectivity index (χ2v) is 5.95. The standard InChI is InChI=1S/C21H20N4O4/c1-28-18-10-6-3-7-14(18)11-22-21-23-12-15(13-24-21)19(26)25-17-9-5-4-8-16(17)20(27)29-2/h3-10,12-13H,11H2,1-2H3,(H,25,26)(H,22,23,24). The average molecular weight is 392 g/mol. The molecule has 0 aliphatic heterocycles. The van der Waals surface area contributed by atoms with Crippen LogP contribution in [0.1, 0.15) is 26.3 Å². The number of amides is 1. The Morgan fingerprint density at radius 1 is 0.966 bits per heavy atom. The number of methoxy groups -OCH3 is 2. The van der Waals surface area contributed by atoms with Gasteiger partial charge in [-0.2, -0.15) is 0 Å². The van der Waals surface area contributed by atoms with Gasteiger partial charge in [-0.05, 0) is 18.2 Å². The van der Waals surface area contributed by atoms with Crippen molar-refractivity contribution in [1.29, 1.82) is 0 Å². The van der Waals surface area contributed by atoms with Gasteiger partial charge in [0.2, 0.25) is 5.95 Å². The number of esters is 1. The summed E-state index contributed by atoms with van der Waals surface area (Å²) < 4.78 is 10.0. The Labute approximate surface area is 167 Å². The van der Waals surface area contributed by atoms with Crippen molar-refractivity contribution in [3.8, 4) is 5.75 Å². The highest BCUT2D eigenvalue weighted by Gasteiger charge is 2.15. The topological polar surface area (TPSA) is 102 Å². The quantitative estimate of drug-likeness (QED) is 0.596. The van der Waals surface area contributed by atoms with Crippen LogP contribution in [0.25, 0.3) is 0 Å². The molecule has 0 saturated carbocycles. The smallest absolute Gasteiger partial charge is 0.339 e. The summed E-state index contributed by atoms with van der Waals surface area (Å²) in [5.74, 6) is 0.174. The summed E-state index contributed by atoms with van der Waals surface area (Å²) in [5, 5.41) is 5.77. The molecule has 2 N–H and O–H groups in total. The number of nitrogens with zero attached hydrogens (tertiary/aromatic N) is 2. The third kappa shape index (κ3) is 4.86. The highest BCUT2D eigenvalue weighted by atomic mass is 16.5. The minimum atomic E-state index is -0.534. The predicted octanol–water partition coefficient (Wildman–Crippen LogP) is 3.14. The lowest BCUT2D eigenvalue weighted by atomic mass is 10.1. The molecular weight excluding hydrogens is 372 g/mol. The van der Waals surface area contributed by atoms with Gasteiger partial charge in [-0.25, -0.2) is 14.8 Å². The molecule has 0 aliphatic rings. The molecule has 8 heteroatoms. The number of aromatic nitrogens is 2. The van der Waals surface area contributed by atoms with Crippen LogP contribution >= 0.6 is 0 Å². The number of nitrogens with one attached hydrogen (secondary N) is 2. The lowest BCUT2D eigenvalue weighted by Gasteiger charge is -2.10. The maximum absolute atomic E-state index is 12.5. The Morgan fingerprint density at radius 2 is 1.66 bits per heavy atom. The van der Waals surface area contributed by atoms with E-state index in [-0.39, 0.29) is 11.1 Å². The van der Waals surface area contributed by atoms with E-state index in [1.807, 2.05) is 24.3 Å². The number of hydrogen-bond acceptors (Lipinski definition) is 7. The Morgan fingerprint density at radius 3 is 2.38 bits per heavy atom. The van der Waals surface area contributed by atoms with Crippen LogP contribution in [0.2, 0.25) is 0 Å². The van der Waals surface area contributed by atoms with Gasteiger partial charge in [0.05, 0.1) is 31.0 Å². The SMILES string of the molecule is COC(=O)c1ccccc1NC(=O)c1cnc(NCc2ccccc2OC)nc1. The zero-order valence-electron chi connectivity index (χ0n) is 16.0. The van der Waals surface area contributed by atoms with E-state index in [1.54, 1.807) is 31.4 Å². The zero-order chi connectivity index (χ0) is 20.6. The number of benzene rings is 2. The molecule has 29 heavy (non-hydrogen) atoms. The Hall–Kier alpha value is -3.94. The van der Waals surface area contributed by atoms with Crippen LogP contribution in [-0.2, 0) is 11.3 Å². The van der Waals surface area contributed by atoms with Crippen LogP contribution in [-0.4, -0.2) is 36.1 Å². The number of rotatable bonds is 7. The predicted molar refractivity (Wildman–Crippen MR) is 108 cm³/mol. The van der Waals surface area contributed by atoms with E-state index in [0.717, 1.165) is 11.3 Å². The molecule has 148 valence electrons. The fraction of sp³-hybridized carbons (Fsp3) is 0.143. The minimum Gasteiger partial charge on any atom is -0.496 e. The highest BCUT2D eigenvalue weighted by molar-refractivity contribution is 6.07. The zero-order valence-corrected chi connectivity index (χ0v) is 16.0. The molecule has 0 bridgehead atoms. The van der Waals surface area contributed by atoms with E-state index < -0.39 is 11.9 Å². The number of hydrogen-bond donors (Lipinski definition) is 2. The summed E-state index contributed by atoms with van der Waals surface area (Å²) in [6.45, 7) is 0.474. The van der Waals surface area contributed by atoms with Crippen molar-refractivity contribution in [1.82, 2.24) is 9.97 Å². The van der Waals surface area contributed by atoms with Crippen LogP contribution < -0.4 is 15.4 Å². The number of carbonyl (C=O) groups excluding carboxylic acids is 2. The van der Waals surface area contributed by atoms with Crippen molar-refractivity contribution in [2.45, 2.75) is 6.54 Å². The minimum absolute atomic E-state index is 0.257. The van der Waals surface area contributed by atoms with Crippen molar-refractivity contribution in [3.05, 3.63) is 77.6 Å². The summed E-state index contributed by atoms with van der Waals surface area (Å²) in [7, 11) is 2.90. The largest absolute Gasteiger partial charge is 0.496 e. The second-order valence-electron chi connectivity index (χ2n) is 5.95. The van der Waals surface area contributed by atoms with Crippen molar-refractivity contribution in [2.75, 3.05) is 24.9 Å². The van der Waals surface area contributed by atoms with Gasteiger partial charge < -0.3 is 20.1 Å². The molecule has 0 aliphatic carbocycles. The maximum Gasteiger partial charge on any atom is 0.339 e. The highest BCUT2D eigenvalue weighted by Crippen LogP contribution is 2.19. The molecule has 2 aromatic carbocycles. The lowest BCUT2D eigenvalue weighted by molar-refractivity contribution is 0.0602. The van der Waals surface area contributed by atoms with Crippen LogP contribution in [0.15, 0.2) is 60.9 Å². The van der Waals surface area contributed by atoms with Crippen molar-refractivity contribution < 1.29 is 19.1 Å². The van der Waals surface area contributed by atoms with Crippen molar-refractivity contribution >= 4 is 23.5 Å². The van der Waals surface area contributed by atoms with Gasteiger partial charge in [0.25, 0.3) is 5.91 Å². The molecule has 0 atom stereocenters. The molecule has 1 heterocycles. The Balaban J connectivity index is 1.66. The van der Waals surface area contributed by atoms with Gasteiger partial charge in [0, 0.05) is 24.5 Å². The fourth-order valence-electron chi connectivity index (χ4n) is 2.63. The molecule has 0 saturated heterocycles. The van der Waals surface area contributed by atoms with Gasteiger partial charge in [-0.15, -0.1) is 0 Å². The fourth-order valence-corrected chi connectivity index (χ4v) is 2.63. The van der Waals surface area contributed by atoms with Gasteiger partial charge in [0.15, 0.2) is 0 Å². The van der Waals surface area contributed by atoms with E-state index >= 15 is 0 Å². The molecule has 0 fully saturated rings. The molecule has 1 amide bonds. The summed E-state index contributed by atoms with van der Waals surface area (Å²) >= 11 is 0. The van der Waals surface area contributed by atoms with Crippen molar-refractivity contribution in [2.24, 2.45) is 0 Å². The summed E-state index contributed by atoms with van der Waals surface area (Å²) in [6, 6.07) is 14.2. The van der Waals surface area contributed by atoms with Crippen LogP contribution in [0, 0.1) is 0 Å².